The molecule has 2 fully saturated rings. The van der Waals surface area contributed by atoms with Gasteiger partial charge in [-0.3, -0.25) is 4.68 Å². The van der Waals surface area contributed by atoms with Crippen LogP contribution in [0.2, 0.25) is 0 Å². The quantitative estimate of drug-likeness (QED) is 0.893. The van der Waals surface area contributed by atoms with Crippen LogP contribution in [0.15, 0.2) is 18.7 Å². The smallest absolute Gasteiger partial charge is 0.100 e. The molecule has 26 heavy (non-hydrogen) atoms. The van der Waals surface area contributed by atoms with Crippen molar-refractivity contribution >= 4 is 0 Å². The first-order valence-corrected chi connectivity index (χ1v) is 10.0. The molecule has 2 unspecified atom stereocenters. The SMILES string of the molecule is Cn1cc(CNC2CCOC(c3cncn3C)C2)c(C2CCCCC2)n1. The molecule has 1 aliphatic heterocycles. The average Bonchev–Trinajstić information content (AvgIpc) is 3.26. The van der Waals surface area contributed by atoms with E-state index in [2.05, 4.69) is 21.1 Å². The van der Waals surface area contributed by atoms with Crippen LogP contribution < -0.4 is 5.32 Å². The van der Waals surface area contributed by atoms with E-state index >= 15 is 0 Å². The van der Waals surface area contributed by atoms with Crippen molar-refractivity contribution in [3.8, 4) is 0 Å². The molecule has 2 atom stereocenters. The predicted molar refractivity (Wildman–Crippen MR) is 101 cm³/mol. The Kier molecular flexibility index (Phi) is 5.41. The molecule has 1 saturated heterocycles. The van der Waals surface area contributed by atoms with Gasteiger partial charge in [0.2, 0.25) is 0 Å². The molecular formula is C20H31N5O. The average molecular weight is 358 g/mol. The largest absolute Gasteiger partial charge is 0.372 e. The summed E-state index contributed by atoms with van der Waals surface area (Å²) < 4.78 is 10.0. The van der Waals surface area contributed by atoms with Gasteiger partial charge in [0.25, 0.3) is 0 Å². The molecule has 0 amide bonds. The van der Waals surface area contributed by atoms with Gasteiger partial charge in [-0.15, -0.1) is 0 Å². The molecular weight excluding hydrogens is 326 g/mol. The molecule has 2 aliphatic rings. The summed E-state index contributed by atoms with van der Waals surface area (Å²) in [7, 11) is 4.08. The zero-order chi connectivity index (χ0) is 17.9. The van der Waals surface area contributed by atoms with Crippen molar-refractivity contribution in [1.82, 2.24) is 24.6 Å². The fraction of sp³-hybridized carbons (Fsp3) is 0.700. The first-order chi connectivity index (χ1) is 12.7. The van der Waals surface area contributed by atoms with E-state index in [0.29, 0.717) is 12.0 Å². The van der Waals surface area contributed by atoms with Gasteiger partial charge in [0.15, 0.2) is 0 Å². The lowest BCUT2D eigenvalue weighted by molar-refractivity contribution is -0.00405. The summed E-state index contributed by atoms with van der Waals surface area (Å²) >= 11 is 0. The van der Waals surface area contributed by atoms with Crippen molar-refractivity contribution in [2.75, 3.05) is 6.61 Å². The Morgan fingerprint density at radius 3 is 2.81 bits per heavy atom. The minimum atomic E-state index is 0.139. The second kappa shape index (κ2) is 7.92. The number of nitrogens with zero attached hydrogens (tertiary/aromatic N) is 4. The Hall–Kier alpha value is -1.66. The first kappa shape index (κ1) is 17.7. The van der Waals surface area contributed by atoms with Crippen molar-refractivity contribution in [2.45, 2.75) is 69.6 Å². The van der Waals surface area contributed by atoms with Gasteiger partial charge < -0.3 is 14.6 Å². The third-order valence-electron chi connectivity index (χ3n) is 5.98. The topological polar surface area (TPSA) is 56.9 Å². The highest BCUT2D eigenvalue weighted by Gasteiger charge is 2.27. The summed E-state index contributed by atoms with van der Waals surface area (Å²) in [5.41, 5.74) is 3.87. The minimum absolute atomic E-state index is 0.139. The first-order valence-electron chi connectivity index (χ1n) is 10.0. The zero-order valence-electron chi connectivity index (χ0n) is 16.0. The van der Waals surface area contributed by atoms with Crippen LogP contribution in [0.1, 0.15) is 73.9 Å². The Morgan fingerprint density at radius 1 is 1.19 bits per heavy atom. The highest BCUT2D eigenvalue weighted by atomic mass is 16.5. The van der Waals surface area contributed by atoms with Crippen LogP contribution in [0.3, 0.4) is 0 Å². The third kappa shape index (κ3) is 3.86. The highest BCUT2D eigenvalue weighted by molar-refractivity contribution is 5.22. The van der Waals surface area contributed by atoms with E-state index < -0.39 is 0 Å². The molecule has 0 spiro atoms. The Labute approximate surface area is 155 Å². The molecule has 3 heterocycles. The lowest BCUT2D eigenvalue weighted by Gasteiger charge is -2.30. The molecule has 142 valence electrons. The van der Waals surface area contributed by atoms with E-state index in [1.807, 2.05) is 31.3 Å². The number of hydrogen-bond donors (Lipinski definition) is 1. The maximum absolute atomic E-state index is 5.99. The lowest BCUT2D eigenvalue weighted by atomic mass is 9.85. The summed E-state index contributed by atoms with van der Waals surface area (Å²) in [5, 5.41) is 8.58. The van der Waals surface area contributed by atoms with Crippen molar-refractivity contribution in [1.29, 1.82) is 0 Å². The van der Waals surface area contributed by atoms with Gasteiger partial charge in [-0.1, -0.05) is 19.3 Å². The predicted octanol–water partition coefficient (Wildman–Crippen LogP) is 3.21. The van der Waals surface area contributed by atoms with Gasteiger partial charge in [0.1, 0.15) is 6.10 Å². The summed E-state index contributed by atoms with van der Waals surface area (Å²) in [6.45, 7) is 1.71. The number of rotatable bonds is 5. The monoisotopic (exact) mass is 357 g/mol. The van der Waals surface area contributed by atoms with E-state index in [-0.39, 0.29) is 6.10 Å². The van der Waals surface area contributed by atoms with Crippen molar-refractivity contribution in [3.05, 3.63) is 35.7 Å². The highest BCUT2D eigenvalue weighted by Crippen LogP contribution is 2.34. The summed E-state index contributed by atoms with van der Waals surface area (Å²) in [5.74, 6) is 0.652. The summed E-state index contributed by atoms with van der Waals surface area (Å²) in [6.07, 6.45) is 14.8. The van der Waals surface area contributed by atoms with Crippen molar-refractivity contribution < 1.29 is 4.74 Å². The molecule has 6 nitrogen and oxygen atoms in total. The minimum Gasteiger partial charge on any atom is -0.372 e. The van der Waals surface area contributed by atoms with Gasteiger partial charge >= 0.3 is 0 Å². The Balaban J connectivity index is 1.39. The molecule has 0 bridgehead atoms. The number of ether oxygens (including phenoxy) is 1. The summed E-state index contributed by atoms with van der Waals surface area (Å²) in [4.78, 5) is 4.23. The van der Waals surface area contributed by atoms with E-state index in [1.54, 1.807) is 0 Å². The van der Waals surface area contributed by atoms with Gasteiger partial charge in [0.05, 0.1) is 23.9 Å². The molecule has 6 heteroatoms. The molecule has 4 rings (SSSR count). The second-order valence-corrected chi connectivity index (χ2v) is 7.94. The Morgan fingerprint density at radius 2 is 2.04 bits per heavy atom. The van der Waals surface area contributed by atoms with Crippen LogP contribution >= 0.6 is 0 Å². The van der Waals surface area contributed by atoms with E-state index in [1.165, 1.54) is 49.1 Å². The molecule has 1 aliphatic carbocycles. The molecule has 0 radical (unpaired) electrons. The fourth-order valence-electron chi connectivity index (χ4n) is 4.53. The fourth-order valence-corrected chi connectivity index (χ4v) is 4.53. The van der Waals surface area contributed by atoms with Crippen LogP contribution in [0.25, 0.3) is 0 Å². The third-order valence-corrected chi connectivity index (χ3v) is 5.98. The van der Waals surface area contributed by atoms with Gasteiger partial charge in [-0.2, -0.15) is 5.10 Å². The zero-order valence-corrected chi connectivity index (χ0v) is 16.0. The molecule has 2 aromatic heterocycles. The number of aromatic nitrogens is 4. The van der Waals surface area contributed by atoms with E-state index in [4.69, 9.17) is 9.84 Å². The van der Waals surface area contributed by atoms with E-state index in [0.717, 1.165) is 26.0 Å². The van der Waals surface area contributed by atoms with Crippen LogP contribution in [0.4, 0.5) is 0 Å². The number of nitrogens with one attached hydrogen (secondary N) is 1. The molecule has 0 aromatic carbocycles. The number of hydrogen-bond acceptors (Lipinski definition) is 4. The van der Waals surface area contributed by atoms with Crippen LogP contribution in [0, 0.1) is 0 Å². The van der Waals surface area contributed by atoms with Crippen LogP contribution in [-0.2, 0) is 25.4 Å². The molecule has 2 aromatic rings. The molecule has 1 N–H and O–H groups in total. The second-order valence-electron chi connectivity index (χ2n) is 7.94. The maximum Gasteiger partial charge on any atom is 0.100 e. The lowest BCUT2D eigenvalue weighted by Crippen LogP contribution is -2.36. The van der Waals surface area contributed by atoms with Gasteiger partial charge in [-0.05, 0) is 25.7 Å². The van der Waals surface area contributed by atoms with Crippen molar-refractivity contribution in [3.63, 3.8) is 0 Å². The summed E-state index contributed by atoms with van der Waals surface area (Å²) in [6, 6.07) is 0.475. The normalized spacial score (nSPS) is 24.8. The van der Waals surface area contributed by atoms with E-state index in [9.17, 15) is 0 Å². The van der Waals surface area contributed by atoms with Gasteiger partial charge in [0, 0.05) is 51.0 Å². The van der Waals surface area contributed by atoms with Crippen LogP contribution in [-0.4, -0.2) is 32.0 Å². The standard InChI is InChI=1S/C20H31N5O/c1-24-14-21-12-18(24)19-10-17(8-9-26-19)22-11-16-13-25(2)23-20(16)15-6-4-3-5-7-15/h12-15,17,19,22H,3-11H2,1-2H3. The molecule has 1 saturated carbocycles. The van der Waals surface area contributed by atoms with Crippen molar-refractivity contribution in [2.24, 2.45) is 14.1 Å². The maximum atomic E-state index is 5.99. The van der Waals surface area contributed by atoms with Gasteiger partial charge in [-0.25, -0.2) is 4.98 Å². The Bertz CT molecular complexity index is 716. The number of aryl methyl sites for hydroxylation is 2. The van der Waals surface area contributed by atoms with Crippen LogP contribution in [0.5, 0.6) is 0 Å². The number of imidazole rings is 1.